The van der Waals surface area contributed by atoms with E-state index in [1.807, 2.05) is 34.6 Å². The number of nitrogens with zero attached hydrogens (tertiary/aromatic N) is 1. The summed E-state index contributed by atoms with van der Waals surface area (Å²) in [6.45, 7) is 10.7. The zero-order valence-corrected chi connectivity index (χ0v) is 15.1. The molecule has 0 radical (unpaired) electrons. The first-order valence-electron chi connectivity index (χ1n) is 8.56. The van der Waals surface area contributed by atoms with Crippen molar-refractivity contribution in [3.8, 4) is 0 Å². The highest BCUT2D eigenvalue weighted by Gasteiger charge is 2.27. The van der Waals surface area contributed by atoms with Gasteiger partial charge in [-0.3, -0.25) is 4.79 Å². The summed E-state index contributed by atoms with van der Waals surface area (Å²) in [6, 6.07) is 0.280. The van der Waals surface area contributed by atoms with Crippen molar-refractivity contribution in [2.45, 2.75) is 78.0 Å². The van der Waals surface area contributed by atoms with E-state index in [1.165, 1.54) is 0 Å². The van der Waals surface area contributed by atoms with Crippen molar-refractivity contribution in [2.24, 2.45) is 5.92 Å². The van der Waals surface area contributed by atoms with E-state index >= 15 is 0 Å². The lowest BCUT2D eigenvalue weighted by molar-refractivity contribution is -0.143. The third-order valence-corrected chi connectivity index (χ3v) is 4.06. The van der Waals surface area contributed by atoms with Crippen LogP contribution in [0.3, 0.4) is 0 Å². The molecule has 6 heteroatoms. The quantitative estimate of drug-likeness (QED) is 0.784. The molecule has 2 N–H and O–H groups in total. The Morgan fingerprint density at radius 3 is 2.48 bits per heavy atom. The second kappa shape index (κ2) is 8.52. The minimum Gasteiger partial charge on any atom is -0.481 e. The number of ether oxygens (including phenoxy) is 1. The first kappa shape index (κ1) is 19.7. The maximum absolute atomic E-state index is 12.2. The van der Waals surface area contributed by atoms with E-state index in [4.69, 9.17) is 9.84 Å². The molecule has 0 bridgehead atoms. The monoisotopic (exact) mass is 328 g/mol. The van der Waals surface area contributed by atoms with Crippen LogP contribution in [0.2, 0.25) is 0 Å². The van der Waals surface area contributed by atoms with Crippen LogP contribution in [-0.4, -0.2) is 52.8 Å². The van der Waals surface area contributed by atoms with E-state index in [0.717, 1.165) is 19.3 Å². The van der Waals surface area contributed by atoms with Crippen LogP contribution in [0.25, 0.3) is 0 Å². The van der Waals surface area contributed by atoms with Crippen molar-refractivity contribution in [2.75, 3.05) is 13.1 Å². The van der Waals surface area contributed by atoms with Gasteiger partial charge in [-0.2, -0.15) is 0 Å². The lowest BCUT2D eigenvalue weighted by Crippen LogP contribution is -2.46. The van der Waals surface area contributed by atoms with Crippen LogP contribution < -0.4 is 5.32 Å². The molecule has 0 aromatic carbocycles. The van der Waals surface area contributed by atoms with Crippen LogP contribution in [0.15, 0.2) is 0 Å². The summed E-state index contributed by atoms with van der Waals surface area (Å²) in [4.78, 5) is 25.0. The molecule has 1 fully saturated rings. The summed E-state index contributed by atoms with van der Waals surface area (Å²) < 4.78 is 5.43. The van der Waals surface area contributed by atoms with Crippen molar-refractivity contribution in [1.82, 2.24) is 10.2 Å². The molecule has 0 aromatic heterocycles. The molecule has 1 rings (SSSR count). The molecule has 0 spiro atoms. The number of nitrogens with one attached hydrogen (secondary N) is 1. The zero-order valence-electron chi connectivity index (χ0n) is 15.1. The second-order valence-electron chi connectivity index (χ2n) is 7.62. The van der Waals surface area contributed by atoms with Gasteiger partial charge in [-0.05, 0) is 53.9 Å². The Hall–Kier alpha value is -1.30. The molecule has 1 aliphatic rings. The molecule has 1 saturated carbocycles. The Labute approximate surface area is 139 Å². The summed E-state index contributed by atoms with van der Waals surface area (Å²) in [5.74, 6) is -0.942. The average molecular weight is 328 g/mol. The summed E-state index contributed by atoms with van der Waals surface area (Å²) in [5.41, 5.74) is -0.504. The van der Waals surface area contributed by atoms with Gasteiger partial charge in [-0.15, -0.1) is 0 Å². The van der Waals surface area contributed by atoms with Gasteiger partial charge in [0.1, 0.15) is 5.60 Å². The maximum Gasteiger partial charge on any atom is 0.410 e. The molecular formula is C17H32N2O4. The third-order valence-electron chi connectivity index (χ3n) is 4.06. The SMILES string of the molecule is CC(C)N(CCNC1CCCC(C(=O)O)C1)C(=O)OC(C)(C)C. The average Bonchev–Trinajstić information content (AvgIpc) is 2.41. The van der Waals surface area contributed by atoms with Crippen LogP contribution in [-0.2, 0) is 9.53 Å². The summed E-state index contributed by atoms with van der Waals surface area (Å²) in [6.07, 6.45) is 3.07. The fourth-order valence-electron chi connectivity index (χ4n) is 2.87. The number of hydrogen-bond donors (Lipinski definition) is 2. The van der Waals surface area contributed by atoms with E-state index in [9.17, 15) is 9.59 Å². The second-order valence-corrected chi connectivity index (χ2v) is 7.62. The lowest BCUT2D eigenvalue weighted by Gasteiger charge is -2.32. The van der Waals surface area contributed by atoms with E-state index < -0.39 is 11.6 Å². The molecule has 6 nitrogen and oxygen atoms in total. The number of rotatable bonds is 6. The zero-order chi connectivity index (χ0) is 17.6. The topological polar surface area (TPSA) is 78.9 Å². The highest BCUT2D eigenvalue weighted by Crippen LogP contribution is 2.24. The van der Waals surface area contributed by atoms with Gasteiger partial charge in [0.15, 0.2) is 0 Å². The van der Waals surface area contributed by atoms with E-state index in [-0.39, 0.29) is 24.1 Å². The van der Waals surface area contributed by atoms with Gasteiger partial charge in [-0.1, -0.05) is 6.42 Å². The van der Waals surface area contributed by atoms with Crippen molar-refractivity contribution in [3.63, 3.8) is 0 Å². The Balaban J connectivity index is 2.44. The Morgan fingerprint density at radius 2 is 1.96 bits per heavy atom. The fourth-order valence-corrected chi connectivity index (χ4v) is 2.87. The molecule has 0 aromatic rings. The molecule has 0 heterocycles. The highest BCUT2D eigenvalue weighted by molar-refractivity contribution is 5.70. The van der Waals surface area contributed by atoms with Gasteiger partial charge in [0.05, 0.1) is 5.92 Å². The maximum atomic E-state index is 12.2. The molecule has 2 atom stereocenters. The van der Waals surface area contributed by atoms with Gasteiger partial charge in [0, 0.05) is 25.2 Å². The normalized spacial score (nSPS) is 22.0. The van der Waals surface area contributed by atoms with Crippen LogP contribution in [0.4, 0.5) is 4.79 Å². The molecule has 1 aliphatic carbocycles. The minimum atomic E-state index is -0.700. The van der Waals surface area contributed by atoms with E-state index in [0.29, 0.717) is 19.5 Å². The predicted octanol–water partition coefficient (Wildman–Crippen LogP) is 2.86. The lowest BCUT2D eigenvalue weighted by atomic mass is 9.86. The van der Waals surface area contributed by atoms with E-state index in [2.05, 4.69) is 5.32 Å². The van der Waals surface area contributed by atoms with Crippen molar-refractivity contribution in [3.05, 3.63) is 0 Å². The van der Waals surface area contributed by atoms with Crippen LogP contribution in [0, 0.1) is 5.92 Å². The molecule has 23 heavy (non-hydrogen) atoms. The largest absolute Gasteiger partial charge is 0.481 e. The molecule has 0 saturated heterocycles. The van der Waals surface area contributed by atoms with Gasteiger partial charge >= 0.3 is 12.1 Å². The molecule has 0 aliphatic heterocycles. The number of hydrogen-bond acceptors (Lipinski definition) is 4. The third kappa shape index (κ3) is 7.20. The van der Waals surface area contributed by atoms with Crippen LogP contribution in [0.5, 0.6) is 0 Å². The summed E-state index contributed by atoms with van der Waals surface area (Å²) in [7, 11) is 0. The minimum absolute atomic E-state index is 0.0600. The Bertz CT molecular complexity index is 404. The number of aliphatic carboxylic acids is 1. The molecule has 134 valence electrons. The first-order valence-corrected chi connectivity index (χ1v) is 8.56. The smallest absolute Gasteiger partial charge is 0.410 e. The number of carbonyl (C=O) groups is 2. The number of carboxylic acid groups (broad SMARTS) is 1. The summed E-state index contributed by atoms with van der Waals surface area (Å²) >= 11 is 0. The summed E-state index contributed by atoms with van der Waals surface area (Å²) in [5, 5.41) is 12.5. The van der Waals surface area contributed by atoms with E-state index in [1.54, 1.807) is 4.90 Å². The van der Waals surface area contributed by atoms with Gasteiger partial charge in [-0.25, -0.2) is 4.79 Å². The number of amides is 1. The highest BCUT2D eigenvalue weighted by atomic mass is 16.6. The number of carbonyl (C=O) groups excluding carboxylic acids is 1. The molecule has 1 amide bonds. The van der Waals surface area contributed by atoms with Gasteiger partial charge < -0.3 is 20.1 Å². The Kier molecular flexibility index (Phi) is 7.32. The van der Waals surface area contributed by atoms with Crippen molar-refractivity contribution in [1.29, 1.82) is 0 Å². The van der Waals surface area contributed by atoms with Gasteiger partial charge in [0.2, 0.25) is 0 Å². The first-order chi connectivity index (χ1) is 10.6. The van der Waals surface area contributed by atoms with Crippen molar-refractivity contribution >= 4 is 12.1 Å². The van der Waals surface area contributed by atoms with Crippen LogP contribution in [0.1, 0.15) is 60.3 Å². The van der Waals surface area contributed by atoms with Crippen LogP contribution >= 0.6 is 0 Å². The van der Waals surface area contributed by atoms with Crippen molar-refractivity contribution < 1.29 is 19.4 Å². The van der Waals surface area contributed by atoms with Gasteiger partial charge in [0.25, 0.3) is 0 Å². The molecular weight excluding hydrogens is 296 g/mol. The fraction of sp³-hybridized carbons (Fsp3) is 0.882. The molecule has 2 unspecified atom stereocenters. The standard InChI is InChI=1S/C17H32N2O4/c1-12(2)19(16(22)23-17(3,4)5)10-9-18-14-8-6-7-13(11-14)15(20)21/h12-14,18H,6-11H2,1-5H3,(H,20,21). The number of carboxylic acids is 1. The Morgan fingerprint density at radius 1 is 1.30 bits per heavy atom. The predicted molar refractivity (Wildman–Crippen MR) is 89.5 cm³/mol.